The molecule has 0 saturated heterocycles. The summed E-state index contributed by atoms with van der Waals surface area (Å²) in [6, 6.07) is 10.6. The van der Waals surface area contributed by atoms with Crippen LogP contribution in [0, 0.1) is 0 Å². The molecule has 0 fully saturated rings. The van der Waals surface area contributed by atoms with Crippen LogP contribution in [0.4, 0.5) is 4.79 Å². The highest BCUT2D eigenvalue weighted by Gasteiger charge is 2.18. The first-order valence-electron chi connectivity index (χ1n) is 8.36. The third kappa shape index (κ3) is 5.65. The van der Waals surface area contributed by atoms with Crippen molar-refractivity contribution in [2.24, 2.45) is 5.73 Å². The van der Waals surface area contributed by atoms with E-state index in [2.05, 4.69) is 20.7 Å². The molecular weight excluding hydrogens is 364 g/mol. The third-order valence-electron chi connectivity index (χ3n) is 3.88. The van der Waals surface area contributed by atoms with Crippen molar-refractivity contribution in [3.8, 4) is 0 Å². The summed E-state index contributed by atoms with van der Waals surface area (Å²) >= 11 is 1.47. The molecule has 3 amide bonds. The van der Waals surface area contributed by atoms with Crippen LogP contribution in [0.1, 0.15) is 28.5 Å². The third-order valence-corrected chi connectivity index (χ3v) is 4.87. The number of aromatic nitrogens is 3. The van der Waals surface area contributed by atoms with Crippen molar-refractivity contribution >= 4 is 23.3 Å². The van der Waals surface area contributed by atoms with Gasteiger partial charge in [0.1, 0.15) is 12.7 Å². The van der Waals surface area contributed by atoms with Gasteiger partial charge in [-0.15, -0.1) is 11.3 Å². The van der Waals surface area contributed by atoms with Gasteiger partial charge in [-0.25, -0.2) is 14.5 Å². The molecule has 0 bridgehead atoms. The quantitative estimate of drug-likeness (QED) is 0.549. The predicted molar refractivity (Wildman–Crippen MR) is 102 cm³/mol. The normalized spacial score (nSPS) is 11.7. The monoisotopic (exact) mass is 384 g/mol. The molecule has 9 heteroatoms. The van der Waals surface area contributed by atoms with E-state index in [1.165, 1.54) is 17.7 Å². The van der Waals surface area contributed by atoms with Gasteiger partial charge in [0.25, 0.3) is 0 Å². The van der Waals surface area contributed by atoms with Crippen LogP contribution in [0.5, 0.6) is 0 Å². The van der Waals surface area contributed by atoms with Crippen LogP contribution in [0.3, 0.4) is 0 Å². The van der Waals surface area contributed by atoms with Crippen molar-refractivity contribution < 1.29 is 9.59 Å². The van der Waals surface area contributed by atoms with Crippen LogP contribution in [-0.4, -0.2) is 26.7 Å². The number of carbonyl (C=O) groups is 2. The molecule has 8 nitrogen and oxygen atoms in total. The maximum absolute atomic E-state index is 12.3. The second-order valence-corrected chi connectivity index (χ2v) is 6.95. The Bertz CT molecular complexity index is 879. The van der Waals surface area contributed by atoms with Crippen LogP contribution >= 0.6 is 11.3 Å². The fraction of sp³-hybridized carbons (Fsp3) is 0.222. The Hall–Kier alpha value is -3.20. The second-order valence-electron chi connectivity index (χ2n) is 5.97. The number of benzene rings is 1. The lowest BCUT2D eigenvalue weighted by Gasteiger charge is -2.16. The van der Waals surface area contributed by atoms with E-state index < -0.39 is 12.1 Å². The molecule has 1 aromatic carbocycles. The van der Waals surface area contributed by atoms with Gasteiger partial charge in [-0.2, -0.15) is 5.10 Å². The zero-order chi connectivity index (χ0) is 19.1. The predicted octanol–water partition coefficient (Wildman–Crippen LogP) is 1.80. The number of nitrogens with zero attached hydrogens (tertiary/aromatic N) is 3. The van der Waals surface area contributed by atoms with E-state index in [1.54, 1.807) is 11.0 Å². The minimum Gasteiger partial charge on any atom is -0.352 e. The number of thiophene rings is 1. The summed E-state index contributed by atoms with van der Waals surface area (Å²) < 4.78 is 1.73. The van der Waals surface area contributed by atoms with E-state index in [0.29, 0.717) is 13.1 Å². The van der Waals surface area contributed by atoms with Crippen molar-refractivity contribution in [3.05, 3.63) is 70.4 Å². The Labute approximate surface area is 160 Å². The van der Waals surface area contributed by atoms with E-state index >= 15 is 0 Å². The van der Waals surface area contributed by atoms with Gasteiger partial charge in [0.2, 0.25) is 5.91 Å². The Morgan fingerprint density at radius 2 is 2.07 bits per heavy atom. The molecule has 0 aliphatic rings. The number of primary amides is 1. The number of nitrogens with one attached hydrogen (secondary N) is 2. The first-order chi connectivity index (χ1) is 13.1. The lowest BCUT2D eigenvalue weighted by Crippen LogP contribution is -2.36. The number of urea groups is 1. The molecule has 27 heavy (non-hydrogen) atoms. The Balaban J connectivity index is 1.56. The van der Waals surface area contributed by atoms with E-state index in [4.69, 9.17) is 5.73 Å². The van der Waals surface area contributed by atoms with Gasteiger partial charge >= 0.3 is 6.03 Å². The summed E-state index contributed by atoms with van der Waals surface area (Å²) in [5.41, 5.74) is 7.28. The van der Waals surface area contributed by atoms with E-state index in [9.17, 15) is 9.59 Å². The van der Waals surface area contributed by atoms with Gasteiger partial charge in [-0.05, 0) is 22.6 Å². The Kier molecular flexibility index (Phi) is 6.16. The molecule has 0 spiro atoms. The lowest BCUT2D eigenvalue weighted by atomic mass is 10.1. The number of amides is 3. The second kappa shape index (κ2) is 8.95. The molecule has 3 aromatic rings. The molecule has 2 aromatic heterocycles. The highest BCUT2D eigenvalue weighted by atomic mass is 32.1. The van der Waals surface area contributed by atoms with Gasteiger partial charge in [0, 0.05) is 11.4 Å². The summed E-state index contributed by atoms with van der Waals surface area (Å²) in [5.74, 6) is -0.163. The van der Waals surface area contributed by atoms with Gasteiger partial charge in [-0.1, -0.05) is 30.3 Å². The van der Waals surface area contributed by atoms with Crippen LogP contribution in [0.2, 0.25) is 0 Å². The molecule has 2 heterocycles. The van der Waals surface area contributed by atoms with Crippen molar-refractivity contribution in [1.29, 1.82) is 0 Å². The number of carbonyl (C=O) groups excluding carboxylic acids is 2. The van der Waals surface area contributed by atoms with Gasteiger partial charge < -0.3 is 16.4 Å². The molecule has 0 radical (unpaired) electrons. The minimum atomic E-state index is -0.651. The van der Waals surface area contributed by atoms with Crippen LogP contribution < -0.4 is 16.4 Å². The molecule has 0 aliphatic heterocycles. The highest BCUT2D eigenvalue weighted by Crippen LogP contribution is 2.21. The smallest absolute Gasteiger partial charge is 0.312 e. The van der Waals surface area contributed by atoms with Crippen molar-refractivity contribution in [1.82, 2.24) is 25.4 Å². The molecule has 0 saturated carbocycles. The topological polar surface area (TPSA) is 115 Å². The fourth-order valence-electron chi connectivity index (χ4n) is 2.68. The zero-order valence-corrected chi connectivity index (χ0v) is 15.4. The summed E-state index contributed by atoms with van der Waals surface area (Å²) in [6.07, 6.45) is 3.28. The van der Waals surface area contributed by atoms with Crippen molar-refractivity contribution in [2.75, 3.05) is 0 Å². The van der Waals surface area contributed by atoms with E-state index in [1.807, 2.05) is 41.8 Å². The largest absolute Gasteiger partial charge is 0.352 e. The average Bonchev–Trinajstić information content (AvgIpc) is 3.33. The van der Waals surface area contributed by atoms with Crippen molar-refractivity contribution in [3.63, 3.8) is 0 Å². The van der Waals surface area contributed by atoms with Gasteiger partial charge in [-0.3, -0.25) is 4.79 Å². The van der Waals surface area contributed by atoms with E-state index in [-0.39, 0.29) is 12.3 Å². The average molecular weight is 384 g/mol. The van der Waals surface area contributed by atoms with Crippen LogP contribution in [-0.2, 0) is 17.9 Å². The van der Waals surface area contributed by atoms with Crippen LogP contribution in [0.25, 0.3) is 0 Å². The number of rotatable bonds is 8. The SMILES string of the molecule is NC(=O)NC(CC(=O)NCc1cccc(Cn2cncn2)c1)c1cccs1. The standard InChI is InChI=1S/C18H20N6O2S/c19-18(26)23-15(16-5-2-6-27-16)8-17(25)21-9-13-3-1-4-14(7-13)10-24-12-20-11-22-24/h1-7,11-12,15H,8-10H2,(H,21,25)(H3,19,23,26). The Morgan fingerprint density at radius 3 is 2.78 bits per heavy atom. The van der Waals surface area contributed by atoms with E-state index in [0.717, 1.165) is 16.0 Å². The number of hydrogen-bond donors (Lipinski definition) is 3. The lowest BCUT2D eigenvalue weighted by molar-refractivity contribution is -0.121. The molecule has 0 aliphatic carbocycles. The van der Waals surface area contributed by atoms with Crippen LogP contribution in [0.15, 0.2) is 54.4 Å². The van der Waals surface area contributed by atoms with Crippen molar-refractivity contribution in [2.45, 2.75) is 25.6 Å². The summed E-state index contributed by atoms with van der Waals surface area (Å²) in [5, 5.41) is 11.5. The fourth-order valence-corrected chi connectivity index (χ4v) is 3.46. The molecule has 140 valence electrons. The summed E-state index contributed by atoms with van der Waals surface area (Å²) in [6.45, 7) is 1.02. The first-order valence-corrected chi connectivity index (χ1v) is 9.24. The maximum Gasteiger partial charge on any atom is 0.312 e. The molecular formula is C18H20N6O2S. The highest BCUT2D eigenvalue weighted by molar-refractivity contribution is 7.10. The maximum atomic E-state index is 12.3. The number of nitrogens with two attached hydrogens (primary N) is 1. The molecule has 3 rings (SSSR count). The molecule has 4 N–H and O–H groups in total. The van der Waals surface area contributed by atoms with Gasteiger partial charge in [0.05, 0.1) is 19.0 Å². The Morgan fingerprint density at radius 1 is 1.22 bits per heavy atom. The molecule has 1 atom stereocenters. The summed E-state index contributed by atoms with van der Waals surface area (Å²) in [4.78, 5) is 28.3. The zero-order valence-electron chi connectivity index (χ0n) is 14.5. The molecule has 1 unspecified atom stereocenters. The summed E-state index contributed by atoms with van der Waals surface area (Å²) in [7, 11) is 0. The van der Waals surface area contributed by atoms with Gasteiger partial charge in [0.15, 0.2) is 0 Å². The number of hydrogen-bond acceptors (Lipinski definition) is 5. The first kappa shape index (κ1) is 18.6. The minimum absolute atomic E-state index is 0.127.